The third kappa shape index (κ3) is 6.22. The molecule has 0 heterocycles. The quantitative estimate of drug-likeness (QED) is 0.501. The smallest absolute Gasteiger partial charge is 0.165 e. The maximum Gasteiger partial charge on any atom is 0.165 e. The van der Waals surface area contributed by atoms with Gasteiger partial charge in [0.15, 0.2) is 11.5 Å². The molecular formula is C18H29NO4. The molecule has 1 aromatic carbocycles. The lowest BCUT2D eigenvalue weighted by Crippen LogP contribution is -2.39. The molecule has 0 amide bonds. The van der Waals surface area contributed by atoms with Crippen LogP contribution in [0, 0.1) is 0 Å². The molecule has 0 aliphatic carbocycles. The fourth-order valence-electron chi connectivity index (χ4n) is 2.48. The lowest BCUT2D eigenvalue weighted by molar-refractivity contribution is 0.0542. The summed E-state index contributed by atoms with van der Waals surface area (Å²) in [6.07, 6.45) is 2.45. The van der Waals surface area contributed by atoms with Crippen molar-refractivity contribution in [3.63, 3.8) is 0 Å². The van der Waals surface area contributed by atoms with Crippen LogP contribution in [0.1, 0.15) is 18.9 Å². The number of rotatable bonds is 11. The highest BCUT2D eigenvalue weighted by atomic mass is 16.5. The number of hydrogen-bond donors (Lipinski definition) is 1. The van der Waals surface area contributed by atoms with E-state index in [0.29, 0.717) is 25.4 Å². The molecule has 1 N–H and O–H groups in total. The molecule has 0 aliphatic rings. The van der Waals surface area contributed by atoms with Gasteiger partial charge in [0.25, 0.3) is 0 Å². The van der Waals surface area contributed by atoms with Gasteiger partial charge < -0.3 is 19.3 Å². The predicted molar refractivity (Wildman–Crippen MR) is 92.1 cm³/mol. The van der Waals surface area contributed by atoms with Gasteiger partial charge in [-0.05, 0) is 19.4 Å². The maximum absolute atomic E-state index is 10.3. The minimum atomic E-state index is -0.945. The first-order valence-corrected chi connectivity index (χ1v) is 7.74. The Morgan fingerprint density at radius 3 is 2.57 bits per heavy atom. The van der Waals surface area contributed by atoms with Crippen LogP contribution in [0.3, 0.4) is 0 Å². The molecule has 0 saturated carbocycles. The molecule has 0 radical (unpaired) electrons. The molecular weight excluding hydrogens is 294 g/mol. The average Bonchev–Trinajstić information content (AvgIpc) is 2.54. The third-order valence-corrected chi connectivity index (χ3v) is 3.68. The fourth-order valence-corrected chi connectivity index (χ4v) is 2.48. The second-order valence-electron chi connectivity index (χ2n) is 5.77. The van der Waals surface area contributed by atoms with Crippen LogP contribution in [0.15, 0.2) is 30.9 Å². The minimum absolute atomic E-state index is 0.487. The summed E-state index contributed by atoms with van der Waals surface area (Å²) in [5.74, 6) is 1.43. The van der Waals surface area contributed by atoms with Crippen LogP contribution in [-0.2, 0) is 11.3 Å². The van der Waals surface area contributed by atoms with Gasteiger partial charge in [0.1, 0.15) is 0 Å². The van der Waals surface area contributed by atoms with E-state index in [4.69, 9.17) is 14.2 Å². The van der Waals surface area contributed by atoms with E-state index in [1.54, 1.807) is 34.3 Å². The second kappa shape index (κ2) is 9.55. The maximum atomic E-state index is 10.3. The average molecular weight is 323 g/mol. The first kappa shape index (κ1) is 19.5. The van der Waals surface area contributed by atoms with Crippen molar-refractivity contribution in [3.05, 3.63) is 36.4 Å². The van der Waals surface area contributed by atoms with Crippen LogP contribution < -0.4 is 9.47 Å². The Balaban J connectivity index is 2.93. The van der Waals surface area contributed by atoms with E-state index in [0.717, 1.165) is 24.3 Å². The molecule has 5 heteroatoms. The van der Waals surface area contributed by atoms with Crippen molar-refractivity contribution in [3.8, 4) is 11.5 Å². The Morgan fingerprint density at radius 2 is 2.00 bits per heavy atom. The van der Waals surface area contributed by atoms with Crippen LogP contribution in [0.25, 0.3) is 0 Å². The van der Waals surface area contributed by atoms with Gasteiger partial charge >= 0.3 is 0 Å². The summed E-state index contributed by atoms with van der Waals surface area (Å²) >= 11 is 0. The Labute approximate surface area is 139 Å². The van der Waals surface area contributed by atoms with Crippen molar-refractivity contribution in [2.45, 2.75) is 25.5 Å². The summed E-state index contributed by atoms with van der Waals surface area (Å²) in [6, 6.07) is 5.82. The molecule has 5 nitrogen and oxygen atoms in total. The van der Waals surface area contributed by atoms with Gasteiger partial charge in [-0.15, -0.1) is 6.58 Å². The number of benzene rings is 1. The van der Waals surface area contributed by atoms with E-state index in [1.165, 1.54) is 0 Å². The van der Waals surface area contributed by atoms with Crippen LogP contribution in [0.2, 0.25) is 0 Å². The highest BCUT2D eigenvalue weighted by Gasteiger charge is 2.22. The Kier molecular flexibility index (Phi) is 8.09. The summed E-state index contributed by atoms with van der Waals surface area (Å²) < 4.78 is 16.0. The van der Waals surface area contributed by atoms with E-state index >= 15 is 0 Å². The number of para-hydroxylation sites is 1. The molecule has 0 bridgehead atoms. The second-order valence-corrected chi connectivity index (χ2v) is 5.77. The molecule has 1 atom stereocenters. The van der Waals surface area contributed by atoms with Gasteiger partial charge in [-0.3, -0.25) is 4.90 Å². The lowest BCUT2D eigenvalue weighted by atomic mass is 10.1. The van der Waals surface area contributed by atoms with Gasteiger partial charge in [-0.25, -0.2) is 0 Å². The number of aliphatic hydroxyl groups is 1. The highest BCUT2D eigenvalue weighted by molar-refractivity contribution is 5.46. The highest BCUT2D eigenvalue weighted by Crippen LogP contribution is 2.31. The number of nitrogens with zero attached hydrogens (tertiary/aromatic N) is 1. The summed E-state index contributed by atoms with van der Waals surface area (Å²) in [4.78, 5) is 2.16. The standard InChI is InChI=1S/C18H29NO4/c1-6-18(2,20)14-19(11-8-12-21-3)13-15-9-7-10-16(22-4)17(15)23-5/h6-7,9-10,20H,1,8,11-14H2,2-5H3. The molecule has 130 valence electrons. The number of ether oxygens (including phenoxy) is 3. The van der Waals surface area contributed by atoms with Gasteiger partial charge in [0.2, 0.25) is 0 Å². The summed E-state index contributed by atoms with van der Waals surface area (Å²) in [5.41, 5.74) is 0.0724. The third-order valence-electron chi connectivity index (χ3n) is 3.68. The zero-order valence-corrected chi connectivity index (χ0v) is 14.7. The van der Waals surface area contributed by atoms with Gasteiger partial charge in [-0.1, -0.05) is 18.2 Å². The van der Waals surface area contributed by atoms with Crippen molar-refractivity contribution in [1.29, 1.82) is 0 Å². The first-order valence-electron chi connectivity index (χ1n) is 7.74. The normalized spacial score (nSPS) is 13.7. The van der Waals surface area contributed by atoms with Crippen LogP contribution in [-0.4, -0.2) is 56.6 Å². The van der Waals surface area contributed by atoms with E-state index in [9.17, 15) is 5.11 Å². The van der Waals surface area contributed by atoms with Crippen LogP contribution in [0.5, 0.6) is 11.5 Å². The molecule has 0 fully saturated rings. The minimum Gasteiger partial charge on any atom is -0.493 e. The fraction of sp³-hybridized carbons (Fsp3) is 0.556. The molecule has 0 aliphatic heterocycles. The number of methoxy groups -OCH3 is 3. The van der Waals surface area contributed by atoms with Crippen molar-refractivity contribution < 1.29 is 19.3 Å². The molecule has 0 spiro atoms. The van der Waals surface area contributed by atoms with Crippen molar-refractivity contribution in [2.24, 2.45) is 0 Å². The van der Waals surface area contributed by atoms with Crippen molar-refractivity contribution >= 4 is 0 Å². The molecule has 1 aromatic rings. The summed E-state index contributed by atoms with van der Waals surface area (Å²) in [7, 11) is 4.95. The van der Waals surface area contributed by atoms with Gasteiger partial charge in [0.05, 0.1) is 19.8 Å². The Bertz CT molecular complexity index is 488. The largest absolute Gasteiger partial charge is 0.493 e. The van der Waals surface area contributed by atoms with E-state index in [2.05, 4.69) is 11.5 Å². The zero-order chi connectivity index (χ0) is 17.3. The SMILES string of the molecule is C=CC(C)(O)CN(CCCOC)Cc1cccc(OC)c1OC. The van der Waals surface area contributed by atoms with Crippen LogP contribution in [0.4, 0.5) is 0 Å². The lowest BCUT2D eigenvalue weighted by Gasteiger charge is -2.30. The first-order chi connectivity index (χ1) is 11.0. The molecule has 0 aromatic heterocycles. The molecule has 1 rings (SSSR count). The van der Waals surface area contributed by atoms with Gasteiger partial charge in [-0.2, -0.15) is 0 Å². The summed E-state index contributed by atoms with van der Waals surface area (Å²) in [6.45, 7) is 8.08. The van der Waals surface area contributed by atoms with E-state index in [1.807, 2.05) is 18.2 Å². The molecule has 23 heavy (non-hydrogen) atoms. The Morgan fingerprint density at radius 1 is 1.26 bits per heavy atom. The number of hydrogen-bond acceptors (Lipinski definition) is 5. The summed E-state index contributed by atoms with van der Waals surface area (Å²) in [5, 5.41) is 10.3. The van der Waals surface area contributed by atoms with Crippen LogP contribution >= 0.6 is 0 Å². The van der Waals surface area contributed by atoms with Crippen molar-refractivity contribution in [1.82, 2.24) is 4.90 Å². The topological polar surface area (TPSA) is 51.2 Å². The van der Waals surface area contributed by atoms with E-state index < -0.39 is 5.60 Å². The zero-order valence-electron chi connectivity index (χ0n) is 14.7. The van der Waals surface area contributed by atoms with Gasteiger partial charge in [0, 0.05) is 38.9 Å². The Hall–Kier alpha value is -1.56. The molecule has 0 saturated heterocycles. The monoisotopic (exact) mass is 323 g/mol. The van der Waals surface area contributed by atoms with Crippen molar-refractivity contribution in [2.75, 3.05) is 41.0 Å². The predicted octanol–water partition coefficient (Wildman–Crippen LogP) is 2.48. The molecule has 1 unspecified atom stereocenters. The van der Waals surface area contributed by atoms with E-state index in [-0.39, 0.29) is 0 Å².